The first-order chi connectivity index (χ1) is 8.97. The van der Waals surface area contributed by atoms with Gasteiger partial charge in [0, 0.05) is 10.2 Å². The van der Waals surface area contributed by atoms with Crippen LogP contribution < -0.4 is 5.32 Å². The lowest BCUT2D eigenvalue weighted by molar-refractivity contribution is 0.102. The average molecular weight is 363 g/mol. The van der Waals surface area contributed by atoms with Gasteiger partial charge in [-0.05, 0) is 36.4 Å². The first-order valence-electron chi connectivity index (χ1n) is 5.19. The lowest BCUT2D eigenvalue weighted by Gasteiger charge is -2.07. The summed E-state index contributed by atoms with van der Waals surface area (Å²) in [6.45, 7) is 0. The van der Waals surface area contributed by atoms with Gasteiger partial charge in [0.15, 0.2) is 0 Å². The fraction of sp³-hybridized carbons (Fsp3) is 0. The quantitative estimate of drug-likeness (QED) is 0.786. The lowest BCUT2D eigenvalue weighted by Crippen LogP contribution is -2.12. The Morgan fingerprint density at radius 3 is 2.47 bits per heavy atom. The van der Waals surface area contributed by atoms with Gasteiger partial charge in [0.1, 0.15) is 5.82 Å². The lowest BCUT2D eigenvalue weighted by atomic mass is 10.2. The van der Waals surface area contributed by atoms with E-state index in [4.69, 9.17) is 23.2 Å². The van der Waals surface area contributed by atoms with Crippen LogP contribution in [0.4, 0.5) is 10.1 Å². The second kappa shape index (κ2) is 5.90. The molecule has 2 aromatic rings. The van der Waals surface area contributed by atoms with Gasteiger partial charge in [-0.2, -0.15) is 0 Å². The minimum absolute atomic E-state index is 0.00140. The average Bonchev–Trinajstić information content (AvgIpc) is 2.36. The molecule has 0 atom stereocenters. The number of amides is 1. The van der Waals surface area contributed by atoms with Crippen molar-refractivity contribution in [3.8, 4) is 0 Å². The smallest absolute Gasteiger partial charge is 0.257 e. The van der Waals surface area contributed by atoms with Crippen molar-refractivity contribution in [1.82, 2.24) is 0 Å². The molecular formula is C13H7BrCl2FNO. The van der Waals surface area contributed by atoms with Crippen LogP contribution in [0, 0.1) is 5.82 Å². The highest BCUT2D eigenvalue weighted by atomic mass is 79.9. The number of benzene rings is 2. The predicted octanol–water partition coefficient (Wildman–Crippen LogP) is 5.15. The Hall–Kier alpha value is -1.10. The molecule has 2 aromatic carbocycles. The van der Waals surface area contributed by atoms with E-state index in [2.05, 4.69) is 21.2 Å². The molecule has 0 aliphatic rings. The Labute approximate surface area is 127 Å². The molecule has 2 rings (SSSR count). The van der Waals surface area contributed by atoms with Gasteiger partial charge in [-0.25, -0.2) is 4.39 Å². The molecule has 1 amide bonds. The fourth-order valence-corrected chi connectivity index (χ4v) is 2.13. The van der Waals surface area contributed by atoms with Crippen LogP contribution in [-0.4, -0.2) is 5.91 Å². The zero-order valence-corrected chi connectivity index (χ0v) is 12.5. The minimum atomic E-state index is -0.597. The van der Waals surface area contributed by atoms with E-state index in [1.54, 1.807) is 18.2 Å². The molecule has 0 saturated heterocycles. The van der Waals surface area contributed by atoms with Crippen LogP contribution >= 0.6 is 39.1 Å². The number of nitrogens with one attached hydrogen (secondary N) is 1. The number of rotatable bonds is 2. The maximum Gasteiger partial charge on any atom is 0.257 e. The van der Waals surface area contributed by atoms with E-state index in [-0.39, 0.29) is 5.02 Å². The SMILES string of the molecule is O=C(Nc1ccc(Cl)c(F)c1)c1cc(Br)ccc1Cl. The summed E-state index contributed by atoms with van der Waals surface area (Å²) >= 11 is 14.8. The first-order valence-corrected chi connectivity index (χ1v) is 6.74. The van der Waals surface area contributed by atoms with E-state index in [9.17, 15) is 9.18 Å². The summed E-state index contributed by atoms with van der Waals surface area (Å²) < 4.78 is 14.0. The van der Waals surface area contributed by atoms with Crippen molar-refractivity contribution in [2.75, 3.05) is 5.32 Å². The van der Waals surface area contributed by atoms with Crippen LogP contribution in [0.2, 0.25) is 10.0 Å². The fourth-order valence-electron chi connectivity index (χ4n) is 1.44. The number of anilines is 1. The number of halogens is 4. The summed E-state index contributed by atoms with van der Waals surface area (Å²) in [6, 6.07) is 8.93. The third-order valence-electron chi connectivity index (χ3n) is 2.35. The highest BCUT2D eigenvalue weighted by Crippen LogP contribution is 2.23. The summed E-state index contributed by atoms with van der Waals surface area (Å²) in [7, 11) is 0. The van der Waals surface area contributed by atoms with Crippen molar-refractivity contribution >= 4 is 50.7 Å². The molecular weight excluding hydrogens is 356 g/mol. The van der Waals surface area contributed by atoms with Crippen LogP contribution in [-0.2, 0) is 0 Å². The number of hydrogen-bond donors (Lipinski definition) is 1. The van der Waals surface area contributed by atoms with Crippen LogP contribution in [0.15, 0.2) is 40.9 Å². The van der Waals surface area contributed by atoms with Gasteiger partial charge in [0.25, 0.3) is 5.91 Å². The van der Waals surface area contributed by atoms with Crippen molar-refractivity contribution in [3.63, 3.8) is 0 Å². The third kappa shape index (κ3) is 3.47. The third-order valence-corrected chi connectivity index (χ3v) is 3.48. The monoisotopic (exact) mass is 361 g/mol. The van der Waals surface area contributed by atoms with E-state index < -0.39 is 11.7 Å². The normalized spacial score (nSPS) is 10.3. The van der Waals surface area contributed by atoms with Crippen molar-refractivity contribution in [1.29, 1.82) is 0 Å². The summed E-state index contributed by atoms with van der Waals surface area (Å²) in [6.07, 6.45) is 0. The van der Waals surface area contributed by atoms with E-state index >= 15 is 0 Å². The van der Waals surface area contributed by atoms with E-state index in [0.717, 1.165) is 10.5 Å². The van der Waals surface area contributed by atoms with Crippen LogP contribution in [0.3, 0.4) is 0 Å². The Kier molecular flexibility index (Phi) is 4.45. The molecule has 0 aliphatic carbocycles. The highest BCUT2D eigenvalue weighted by molar-refractivity contribution is 9.10. The molecule has 1 N–H and O–H groups in total. The Balaban J connectivity index is 2.25. The zero-order chi connectivity index (χ0) is 14.0. The maximum atomic E-state index is 13.3. The van der Waals surface area contributed by atoms with Crippen molar-refractivity contribution < 1.29 is 9.18 Å². The highest BCUT2D eigenvalue weighted by Gasteiger charge is 2.12. The summed E-state index contributed by atoms with van der Waals surface area (Å²) in [5, 5.41) is 2.86. The zero-order valence-electron chi connectivity index (χ0n) is 9.38. The topological polar surface area (TPSA) is 29.1 Å². The number of carbonyl (C=O) groups excluding carboxylic acids is 1. The maximum absolute atomic E-state index is 13.3. The standard InChI is InChI=1S/C13H7BrCl2FNO/c14-7-1-3-10(15)9(5-7)13(19)18-8-2-4-11(16)12(17)6-8/h1-6H,(H,18,19). The second-order valence-electron chi connectivity index (χ2n) is 3.71. The molecule has 6 heteroatoms. The van der Waals surface area contributed by atoms with Gasteiger partial charge in [-0.15, -0.1) is 0 Å². The summed E-state index contributed by atoms with van der Waals surface area (Å²) in [4.78, 5) is 12.0. The van der Waals surface area contributed by atoms with Crippen molar-refractivity contribution in [2.24, 2.45) is 0 Å². The largest absolute Gasteiger partial charge is 0.322 e. The van der Waals surface area contributed by atoms with E-state index in [1.165, 1.54) is 12.1 Å². The second-order valence-corrected chi connectivity index (χ2v) is 5.44. The Bertz CT molecular complexity index is 649. The van der Waals surface area contributed by atoms with Gasteiger partial charge in [0.05, 0.1) is 15.6 Å². The molecule has 0 fully saturated rings. The number of carbonyl (C=O) groups is 1. The minimum Gasteiger partial charge on any atom is -0.322 e. The molecule has 0 bridgehead atoms. The molecule has 98 valence electrons. The molecule has 0 unspecified atom stereocenters. The van der Waals surface area contributed by atoms with Gasteiger partial charge in [-0.3, -0.25) is 4.79 Å². The van der Waals surface area contributed by atoms with Gasteiger partial charge >= 0.3 is 0 Å². The summed E-state index contributed by atoms with van der Waals surface area (Å²) in [5.74, 6) is -1.02. The molecule has 0 radical (unpaired) electrons. The van der Waals surface area contributed by atoms with Crippen molar-refractivity contribution in [2.45, 2.75) is 0 Å². The van der Waals surface area contributed by atoms with E-state index in [1.807, 2.05) is 0 Å². The number of hydrogen-bond acceptors (Lipinski definition) is 1. The molecule has 2 nitrogen and oxygen atoms in total. The molecule has 0 aliphatic heterocycles. The molecule has 0 spiro atoms. The van der Waals surface area contributed by atoms with Crippen LogP contribution in [0.25, 0.3) is 0 Å². The van der Waals surface area contributed by atoms with Gasteiger partial charge in [-0.1, -0.05) is 39.1 Å². The van der Waals surface area contributed by atoms with E-state index in [0.29, 0.717) is 16.3 Å². The molecule has 0 aromatic heterocycles. The van der Waals surface area contributed by atoms with Crippen LogP contribution in [0.5, 0.6) is 0 Å². The van der Waals surface area contributed by atoms with Gasteiger partial charge in [0.2, 0.25) is 0 Å². The molecule has 0 heterocycles. The Morgan fingerprint density at radius 2 is 1.79 bits per heavy atom. The molecule has 19 heavy (non-hydrogen) atoms. The summed E-state index contributed by atoms with van der Waals surface area (Å²) in [5.41, 5.74) is 0.606. The van der Waals surface area contributed by atoms with Crippen LogP contribution in [0.1, 0.15) is 10.4 Å². The first kappa shape index (κ1) is 14.3. The van der Waals surface area contributed by atoms with Gasteiger partial charge < -0.3 is 5.32 Å². The molecule has 0 saturated carbocycles. The Morgan fingerprint density at radius 1 is 1.11 bits per heavy atom. The van der Waals surface area contributed by atoms with Crippen molar-refractivity contribution in [3.05, 3.63) is 62.3 Å². The predicted molar refractivity (Wildman–Crippen MR) is 78.5 cm³/mol.